The van der Waals surface area contributed by atoms with Gasteiger partial charge in [0.2, 0.25) is 0 Å². The van der Waals surface area contributed by atoms with E-state index < -0.39 is 5.67 Å². The third-order valence-electron chi connectivity index (χ3n) is 33.5. The van der Waals surface area contributed by atoms with Crippen LogP contribution in [0.15, 0.2) is 12.2 Å². The van der Waals surface area contributed by atoms with E-state index in [9.17, 15) is 9.18 Å². The average molecular weight is 1170 g/mol. The van der Waals surface area contributed by atoms with Crippen molar-refractivity contribution in [1.29, 1.82) is 0 Å². The topological polar surface area (TPSA) is 17.1 Å². The second kappa shape index (κ2) is 24.0. The molecule has 1 nitrogen and oxygen atoms in total. The van der Waals surface area contributed by atoms with Crippen molar-refractivity contribution < 1.29 is 9.18 Å². The van der Waals surface area contributed by atoms with E-state index in [0.717, 1.165) is 97.2 Å². The Balaban J connectivity index is 0.0000000827. The van der Waals surface area contributed by atoms with Gasteiger partial charge in [0.05, 0.1) is 0 Å². The fourth-order valence-corrected chi connectivity index (χ4v) is 24.0. The fraction of sp³-hybridized carbons (Fsp3) is 0.964. The van der Waals surface area contributed by atoms with Crippen LogP contribution in [-0.2, 0) is 4.79 Å². The monoisotopic (exact) mass is 1170 g/mol. The summed E-state index contributed by atoms with van der Waals surface area (Å²) < 4.78 is 13.1. The summed E-state index contributed by atoms with van der Waals surface area (Å²) >= 11 is 0. The highest BCUT2D eigenvalue weighted by molar-refractivity contribution is 5.84. The van der Waals surface area contributed by atoms with Gasteiger partial charge in [-0.05, 0) is 362 Å². The number of carbonyl (C=O) groups excluding carboxylic acids is 1. The Labute approximate surface area is 524 Å². The van der Waals surface area contributed by atoms with Crippen molar-refractivity contribution in [3.05, 3.63) is 12.2 Å². The lowest BCUT2D eigenvalue weighted by atomic mass is 9.52. The molecule has 16 bridgehead atoms. The van der Waals surface area contributed by atoms with Crippen LogP contribution in [0.1, 0.15) is 319 Å². The summed E-state index contributed by atoms with van der Waals surface area (Å²) in [5, 5.41) is 0. The predicted molar refractivity (Wildman–Crippen MR) is 354 cm³/mol. The summed E-state index contributed by atoms with van der Waals surface area (Å²) in [5.41, 5.74) is 3.41. The van der Waals surface area contributed by atoms with E-state index in [1.54, 1.807) is 122 Å². The number of hydrogen-bond donors (Lipinski definition) is 0. The molecule has 0 aromatic rings. The lowest BCUT2D eigenvalue weighted by Gasteiger charge is -2.53. The highest BCUT2D eigenvalue weighted by Gasteiger charge is 2.63. The Hall–Kier alpha value is -0.660. The van der Waals surface area contributed by atoms with Gasteiger partial charge in [-0.1, -0.05) is 132 Å². The van der Waals surface area contributed by atoms with Crippen LogP contribution in [0.25, 0.3) is 0 Å². The van der Waals surface area contributed by atoms with E-state index >= 15 is 0 Å². The molecule has 28 fully saturated rings. The highest BCUT2D eigenvalue weighted by atomic mass is 19.1. The van der Waals surface area contributed by atoms with Crippen molar-refractivity contribution in [3.63, 3.8) is 0 Å². The Bertz CT molecular complexity index is 2210. The summed E-state index contributed by atoms with van der Waals surface area (Å²) in [7, 11) is 0. The van der Waals surface area contributed by atoms with Crippen LogP contribution in [0.4, 0.5) is 4.39 Å². The molecule has 2 heteroatoms. The molecule has 0 heterocycles. The first-order valence-electron chi connectivity index (χ1n) is 39.5. The molecular weight excluding hydrogens is 1030 g/mol. The molecule has 17 unspecified atom stereocenters. The van der Waals surface area contributed by atoms with Gasteiger partial charge in [-0.15, -0.1) is 0 Å². The van der Waals surface area contributed by atoms with E-state index in [0.29, 0.717) is 27.9 Å². The molecule has 28 aliphatic rings. The van der Waals surface area contributed by atoms with Gasteiger partial charge >= 0.3 is 0 Å². The van der Waals surface area contributed by atoms with Crippen molar-refractivity contribution in [1.82, 2.24) is 0 Å². The molecule has 0 N–H and O–H groups in total. The molecule has 0 amide bonds. The molecule has 0 saturated heterocycles. The summed E-state index contributed by atoms with van der Waals surface area (Å²) in [4.78, 5) is 10.8. The molecule has 17 atom stereocenters. The number of carbonyl (C=O) groups is 1. The van der Waals surface area contributed by atoms with Crippen LogP contribution >= 0.6 is 0 Å². The largest absolute Gasteiger partial charge is 0.299 e. The van der Waals surface area contributed by atoms with Gasteiger partial charge in [0.25, 0.3) is 0 Å². The zero-order chi connectivity index (χ0) is 59.0. The summed E-state index contributed by atoms with van der Waals surface area (Å²) in [6.07, 6.45) is 57.6. The Morgan fingerprint density at radius 3 is 1.07 bits per heavy atom. The smallest absolute Gasteiger partial charge is 0.136 e. The maximum atomic E-state index is 13.1. The minimum Gasteiger partial charge on any atom is -0.299 e. The van der Waals surface area contributed by atoms with E-state index in [1.807, 2.05) is 0 Å². The first-order valence-corrected chi connectivity index (χ1v) is 39.5. The lowest BCUT2D eigenvalue weighted by Crippen LogP contribution is -2.45. The summed E-state index contributed by atoms with van der Waals surface area (Å²) in [5.74, 6) is 29.4. The average Bonchev–Trinajstić information content (AvgIpc) is 1.66. The van der Waals surface area contributed by atoms with Crippen LogP contribution in [0.5, 0.6) is 0 Å². The zero-order valence-electron chi connectivity index (χ0n) is 57.3. The number of allylic oxidation sites excluding steroid dienone is 1. The van der Waals surface area contributed by atoms with Gasteiger partial charge in [0.1, 0.15) is 11.5 Å². The first kappa shape index (κ1) is 61.8. The minimum atomic E-state index is -0.690. The molecule has 0 radical (unpaired) electrons. The van der Waals surface area contributed by atoms with Gasteiger partial charge in [0, 0.05) is 12.3 Å². The van der Waals surface area contributed by atoms with Crippen LogP contribution in [0.3, 0.4) is 0 Å². The van der Waals surface area contributed by atoms with Crippen LogP contribution in [-0.4, -0.2) is 11.5 Å². The third-order valence-corrected chi connectivity index (χ3v) is 33.5. The third kappa shape index (κ3) is 13.7. The SMILES string of the molecule is C1C2CC12.C1C2CC3C1C3C2.C1CC2CC12.C1CC2CC1C2.C1CC2CC2C1.C1CCC2CC2C1.C=C1C2CCC(C2)C1(C)C.CC12CCC(C1)C2(C)C.CC1C2CC12.CC1C2CCC(C2)C1(C)C.FC12CCC(CC1)C2.O=C1CC2CCC1C2. The standard InChI is InChI=1S/C10H18.C10H16.C9H16.C7H11F.C7H10O.C7H10.C7H12.2C6H10.2C5H8.C4H6/c2*1-7-8-4-5-9(6-8)10(7,2)3;1-8(2)7-4-5-9(8,3)6-7;8-7-3-1-6(5-7)2-4-7;8-7-4-5-1-2-6(7)3-5;1-4-2-6-5(1)7(6)3-4;1-2-4-7-5-6(7)3-1;1-2-6-3-5(1)4-6;1-2-5-4-6(5)3-1;1-3-4-2-5(3)4;1-2-5-3-4(1)5;1-3-2-4(1)3/h7-9H,4-6H2,1-3H3;8-9H,1,4-6H2,2-3H3;7H,4-6H2,1-3H3;6H,1-5H2;5-6H,1-4H2;4-7H,1-3H2;6-7H,1-5H2;2*5-6H,1-4H2;3-5H,2H2,1H3;4-5H,1-3H2;3-4H,1-2H2. The van der Waals surface area contributed by atoms with Crippen molar-refractivity contribution in [2.75, 3.05) is 0 Å². The molecular formula is C83H135FO. The number of Topliss-reactive ketones (excluding diaryl/α,β-unsaturated/α-hetero) is 1. The second-order valence-electron chi connectivity index (χ2n) is 39.2. The Morgan fingerprint density at radius 1 is 0.388 bits per heavy atom. The Morgan fingerprint density at radius 2 is 0.882 bits per heavy atom. The first-order chi connectivity index (χ1) is 40.6. The lowest BCUT2D eigenvalue weighted by molar-refractivity contribution is -0.121. The maximum Gasteiger partial charge on any atom is 0.136 e. The predicted octanol–water partition coefficient (Wildman–Crippen LogP) is 23.8. The quantitative estimate of drug-likeness (QED) is 0.221. The van der Waals surface area contributed by atoms with E-state index in [1.165, 1.54) is 197 Å². The number of alkyl halides is 1. The van der Waals surface area contributed by atoms with Crippen LogP contribution < -0.4 is 0 Å². The maximum absolute atomic E-state index is 13.1. The normalized spacial score (nSPS) is 53.5. The summed E-state index contributed by atoms with van der Waals surface area (Å²) in [6, 6.07) is 0. The molecule has 28 saturated carbocycles. The molecule has 85 heavy (non-hydrogen) atoms. The van der Waals surface area contributed by atoms with E-state index in [4.69, 9.17) is 0 Å². The minimum absolute atomic E-state index is 0.475. The van der Waals surface area contributed by atoms with Gasteiger partial charge in [-0.3, -0.25) is 4.79 Å². The Kier molecular flexibility index (Phi) is 17.5. The molecule has 0 spiro atoms. The molecule has 0 aliphatic heterocycles. The van der Waals surface area contributed by atoms with Crippen LogP contribution in [0, 0.1) is 176 Å². The van der Waals surface area contributed by atoms with Gasteiger partial charge in [0.15, 0.2) is 0 Å². The molecule has 28 rings (SSSR count). The molecule has 0 aromatic heterocycles. The molecule has 28 aliphatic carbocycles. The van der Waals surface area contributed by atoms with Gasteiger partial charge in [-0.2, -0.15) is 0 Å². The highest BCUT2D eigenvalue weighted by Crippen LogP contribution is 2.72. The molecule has 480 valence electrons. The number of halogens is 1. The van der Waals surface area contributed by atoms with Crippen molar-refractivity contribution in [2.24, 2.45) is 176 Å². The van der Waals surface area contributed by atoms with Crippen molar-refractivity contribution in [2.45, 2.75) is 325 Å². The molecule has 0 aromatic carbocycles. The van der Waals surface area contributed by atoms with Gasteiger partial charge in [-0.25, -0.2) is 4.39 Å². The van der Waals surface area contributed by atoms with Gasteiger partial charge < -0.3 is 0 Å². The van der Waals surface area contributed by atoms with Crippen LogP contribution in [0.2, 0.25) is 0 Å². The fourth-order valence-electron chi connectivity index (χ4n) is 24.0. The van der Waals surface area contributed by atoms with Crippen molar-refractivity contribution >= 4 is 5.78 Å². The second-order valence-corrected chi connectivity index (χ2v) is 39.2. The van der Waals surface area contributed by atoms with Crippen molar-refractivity contribution in [3.8, 4) is 0 Å². The number of hydrogen-bond acceptors (Lipinski definition) is 1. The zero-order valence-corrected chi connectivity index (χ0v) is 57.3. The van der Waals surface area contributed by atoms with E-state index in [-0.39, 0.29) is 0 Å². The summed E-state index contributed by atoms with van der Waals surface area (Å²) in [6.45, 7) is 26.0. The number of ketones is 1. The van der Waals surface area contributed by atoms with E-state index in [2.05, 4.69) is 68.9 Å². The number of rotatable bonds is 0. The number of fused-ring (bicyclic) bond motifs is 15.